The fourth-order valence-corrected chi connectivity index (χ4v) is 6.31. The van der Waals surface area contributed by atoms with Gasteiger partial charge in [-0.2, -0.15) is 5.10 Å². The van der Waals surface area contributed by atoms with E-state index in [4.69, 9.17) is 4.42 Å². The van der Waals surface area contributed by atoms with Crippen molar-refractivity contribution in [2.24, 2.45) is 16.7 Å². The number of hydrogen-bond acceptors (Lipinski definition) is 6. The minimum Gasteiger partial charge on any atom is -0.425 e. The SMILES string of the molecule is CC(C)(C)Cc1nnc(C23CC(C4CN(C(=O)N5CC[C@H](c6ncn[nH]6)C5)C4)(C2)C3)o1. The van der Waals surface area contributed by atoms with Crippen molar-refractivity contribution in [2.75, 3.05) is 26.2 Å². The number of hydrogen-bond donors (Lipinski definition) is 1. The largest absolute Gasteiger partial charge is 0.425 e. The monoisotopic (exact) mass is 425 g/mol. The Bertz CT molecular complexity index is 966. The molecule has 2 aromatic rings. The summed E-state index contributed by atoms with van der Waals surface area (Å²) in [7, 11) is 0. The first-order valence-corrected chi connectivity index (χ1v) is 11.5. The third-order valence-electron chi connectivity index (χ3n) is 7.97. The molecular formula is C22H31N7O2. The number of carbonyl (C=O) groups is 1. The number of likely N-dealkylation sites (tertiary alicyclic amines) is 2. The second-order valence-corrected chi connectivity index (χ2v) is 11.6. The maximum atomic E-state index is 12.9. The number of nitrogens with zero attached hydrogens (tertiary/aromatic N) is 6. The van der Waals surface area contributed by atoms with Crippen LogP contribution in [0.5, 0.6) is 0 Å². The van der Waals surface area contributed by atoms with E-state index in [9.17, 15) is 4.79 Å². The highest BCUT2D eigenvalue weighted by atomic mass is 16.4. The highest BCUT2D eigenvalue weighted by Crippen LogP contribution is 2.77. The van der Waals surface area contributed by atoms with Gasteiger partial charge in [0.05, 0.1) is 5.41 Å². The minimum atomic E-state index is 0.118. The van der Waals surface area contributed by atoms with Crippen LogP contribution in [0.2, 0.25) is 0 Å². The molecule has 2 saturated heterocycles. The highest BCUT2D eigenvalue weighted by Gasteiger charge is 2.74. The van der Waals surface area contributed by atoms with Gasteiger partial charge >= 0.3 is 6.03 Å². The lowest BCUT2D eigenvalue weighted by Gasteiger charge is -2.74. The van der Waals surface area contributed by atoms with E-state index in [-0.39, 0.29) is 22.8 Å². The Kier molecular flexibility index (Phi) is 3.91. The predicted molar refractivity (Wildman–Crippen MR) is 111 cm³/mol. The summed E-state index contributed by atoms with van der Waals surface area (Å²) >= 11 is 0. The maximum absolute atomic E-state index is 12.9. The summed E-state index contributed by atoms with van der Waals surface area (Å²) in [6.07, 6.45) is 6.72. The Balaban J connectivity index is 1.00. The molecule has 2 bridgehead atoms. The molecule has 31 heavy (non-hydrogen) atoms. The number of urea groups is 1. The summed E-state index contributed by atoms with van der Waals surface area (Å²) in [6.45, 7) is 9.87. The van der Waals surface area contributed by atoms with Crippen LogP contribution in [0.25, 0.3) is 0 Å². The van der Waals surface area contributed by atoms with E-state index >= 15 is 0 Å². The van der Waals surface area contributed by atoms with Crippen LogP contribution in [0.4, 0.5) is 4.79 Å². The summed E-state index contributed by atoms with van der Waals surface area (Å²) in [4.78, 5) is 21.2. The number of rotatable bonds is 4. The van der Waals surface area contributed by atoms with Crippen LogP contribution in [0.3, 0.4) is 0 Å². The van der Waals surface area contributed by atoms with E-state index in [1.807, 2.05) is 9.80 Å². The van der Waals surface area contributed by atoms with Gasteiger partial charge in [-0.25, -0.2) is 9.78 Å². The van der Waals surface area contributed by atoms with Gasteiger partial charge in [-0.05, 0) is 42.4 Å². The van der Waals surface area contributed by atoms with Gasteiger partial charge in [-0.15, -0.1) is 10.2 Å². The third kappa shape index (κ3) is 2.99. The summed E-state index contributed by atoms with van der Waals surface area (Å²) in [6, 6.07) is 0.184. The Hall–Kier alpha value is -2.45. The van der Waals surface area contributed by atoms with Crippen LogP contribution in [0.15, 0.2) is 10.7 Å². The average Bonchev–Trinajstić information content (AvgIpc) is 3.32. The van der Waals surface area contributed by atoms with Crippen molar-refractivity contribution in [3.05, 3.63) is 23.9 Å². The standard InChI is InChI=1S/C22H31N7O2/c1-20(2,3)6-16-25-27-18(31-16)22-10-21(11-22,12-22)15-8-29(9-15)19(30)28-5-4-14(7-28)17-23-13-24-26-17/h13-15H,4-12H2,1-3H3,(H,23,24,26)/t14-,21?,22?/m0/s1. The second kappa shape index (κ2) is 6.29. The molecule has 2 aromatic heterocycles. The van der Waals surface area contributed by atoms with Gasteiger partial charge in [-0.3, -0.25) is 5.10 Å². The summed E-state index contributed by atoms with van der Waals surface area (Å²) in [5.41, 5.74) is 0.659. The molecule has 5 aliphatic rings. The predicted octanol–water partition coefficient (Wildman–Crippen LogP) is 2.74. The van der Waals surface area contributed by atoms with Crippen LogP contribution in [0.1, 0.15) is 70.0 Å². The van der Waals surface area contributed by atoms with E-state index in [1.54, 1.807) is 0 Å². The Morgan fingerprint density at radius 2 is 1.97 bits per heavy atom. The van der Waals surface area contributed by atoms with Gasteiger partial charge in [0.25, 0.3) is 0 Å². The second-order valence-electron chi connectivity index (χ2n) is 11.6. The van der Waals surface area contributed by atoms with E-state index in [0.29, 0.717) is 11.3 Å². The molecule has 1 atom stereocenters. The van der Waals surface area contributed by atoms with E-state index < -0.39 is 0 Å². The van der Waals surface area contributed by atoms with Gasteiger partial charge in [-0.1, -0.05) is 20.8 Å². The van der Waals surface area contributed by atoms with Gasteiger partial charge < -0.3 is 14.2 Å². The zero-order valence-corrected chi connectivity index (χ0v) is 18.6. The van der Waals surface area contributed by atoms with E-state index in [0.717, 1.165) is 75.9 Å². The van der Waals surface area contributed by atoms with Crippen LogP contribution in [-0.4, -0.2) is 67.4 Å². The van der Waals surface area contributed by atoms with Crippen LogP contribution >= 0.6 is 0 Å². The fourth-order valence-electron chi connectivity index (χ4n) is 6.31. The van der Waals surface area contributed by atoms with Gasteiger partial charge in [0, 0.05) is 38.5 Å². The summed E-state index contributed by atoms with van der Waals surface area (Å²) in [5, 5.41) is 15.6. The van der Waals surface area contributed by atoms with Crippen LogP contribution in [-0.2, 0) is 11.8 Å². The highest BCUT2D eigenvalue weighted by molar-refractivity contribution is 5.76. The van der Waals surface area contributed by atoms with Crippen molar-refractivity contribution >= 4 is 6.03 Å². The smallest absolute Gasteiger partial charge is 0.320 e. The maximum Gasteiger partial charge on any atom is 0.320 e. The number of H-pyrrole nitrogens is 1. The Morgan fingerprint density at radius 3 is 2.65 bits per heavy atom. The van der Waals surface area contributed by atoms with Gasteiger partial charge in [0.15, 0.2) is 0 Å². The summed E-state index contributed by atoms with van der Waals surface area (Å²) in [5.74, 6) is 3.39. The molecule has 9 heteroatoms. The van der Waals surface area contributed by atoms with Crippen LogP contribution in [0, 0.1) is 16.7 Å². The first-order valence-electron chi connectivity index (χ1n) is 11.5. The topological polar surface area (TPSA) is 104 Å². The molecule has 4 heterocycles. The van der Waals surface area contributed by atoms with Crippen molar-refractivity contribution in [1.29, 1.82) is 0 Å². The van der Waals surface area contributed by atoms with Crippen molar-refractivity contribution in [3.8, 4) is 0 Å². The molecule has 9 nitrogen and oxygen atoms in total. The van der Waals surface area contributed by atoms with Crippen molar-refractivity contribution in [1.82, 2.24) is 35.2 Å². The molecule has 0 unspecified atom stereocenters. The number of amides is 2. The van der Waals surface area contributed by atoms with Gasteiger partial charge in [0.2, 0.25) is 11.8 Å². The molecule has 2 aliphatic heterocycles. The first kappa shape index (κ1) is 19.3. The normalized spacial score (nSPS) is 32.5. The molecule has 0 radical (unpaired) electrons. The molecule has 0 aromatic carbocycles. The molecule has 166 valence electrons. The molecule has 2 amide bonds. The van der Waals surface area contributed by atoms with Crippen molar-refractivity contribution in [2.45, 2.75) is 64.2 Å². The quantitative estimate of drug-likeness (QED) is 0.808. The molecule has 5 fully saturated rings. The fraction of sp³-hybridized carbons (Fsp3) is 0.773. The minimum absolute atomic E-state index is 0.118. The lowest BCUT2D eigenvalue weighted by atomic mass is 9.31. The lowest BCUT2D eigenvalue weighted by molar-refractivity contribution is -0.215. The van der Waals surface area contributed by atoms with Crippen molar-refractivity contribution < 1.29 is 9.21 Å². The first-order chi connectivity index (χ1) is 14.8. The van der Waals surface area contributed by atoms with E-state index in [1.165, 1.54) is 6.33 Å². The molecule has 3 saturated carbocycles. The van der Waals surface area contributed by atoms with Gasteiger partial charge in [0.1, 0.15) is 12.2 Å². The number of aromatic nitrogens is 5. The molecule has 7 rings (SSSR count). The lowest BCUT2D eigenvalue weighted by Crippen LogP contribution is -2.73. The number of carbonyl (C=O) groups excluding carboxylic acids is 1. The van der Waals surface area contributed by atoms with Crippen LogP contribution < -0.4 is 0 Å². The number of aromatic amines is 1. The zero-order chi connectivity index (χ0) is 21.4. The van der Waals surface area contributed by atoms with E-state index in [2.05, 4.69) is 46.1 Å². The molecule has 0 spiro atoms. The van der Waals surface area contributed by atoms with Crippen molar-refractivity contribution in [3.63, 3.8) is 0 Å². The zero-order valence-electron chi connectivity index (χ0n) is 18.6. The molecular weight excluding hydrogens is 394 g/mol. The average molecular weight is 426 g/mol. The molecule has 3 aliphatic carbocycles. The Morgan fingerprint density at radius 1 is 1.19 bits per heavy atom. The number of nitrogens with one attached hydrogen (secondary N) is 1. The third-order valence-corrected chi connectivity index (χ3v) is 7.97. The molecule has 1 N–H and O–H groups in total. The Labute approximate surface area is 182 Å². The summed E-state index contributed by atoms with van der Waals surface area (Å²) < 4.78 is 6.04.